The molecule has 2 aliphatic heterocycles. The Morgan fingerprint density at radius 3 is 3.06 bits per heavy atom. The first-order valence-electron chi connectivity index (χ1n) is 10.5. The number of aromatic amines is 1. The minimum Gasteiger partial charge on any atom is -0.453 e. The number of halogens is 1. The van der Waals surface area contributed by atoms with Gasteiger partial charge in [-0.15, -0.1) is 0 Å². The van der Waals surface area contributed by atoms with Gasteiger partial charge in [-0.3, -0.25) is 14.9 Å². The Bertz CT molecular complexity index is 1250. The summed E-state index contributed by atoms with van der Waals surface area (Å²) in [6.07, 6.45) is 9.20. The maximum Gasteiger partial charge on any atom is 0.167 e. The van der Waals surface area contributed by atoms with Crippen molar-refractivity contribution in [2.45, 2.75) is 49.0 Å². The van der Waals surface area contributed by atoms with Crippen LogP contribution in [0.3, 0.4) is 0 Å². The maximum absolute atomic E-state index is 13.2. The number of rotatable bonds is 2. The van der Waals surface area contributed by atoms with Gasteiger partial charge in [0.15, 0.2) is 16.7 Å². The average molecular weight is 485 g/mol. The first-order valence-corrected chi connectivity index (χ1v) is 12.6. The van der Waals surface area contributed by atoms with Crippen molar-refractivity contribution in [3.05, 3.63) is 64.2 Å². The zero-order valence-electron chi connectivity index (χ0n) is 17.5. The second-order valence-electron chi connectivity index (χ2n) is 9.22. The number of fused-ring (bicyclic) bond motifs is 2. The van der Waals surface area contributed by atoms with Crippen LogP contribution >= 0.6 is 35.1 Å². The van der Waals surface area contributed by atoms with Crippen LogP contribution in [0.1, 0.15) is 43.9 Å². The fourth-order valence-corrected chi connectivity index (χ4v) is 7.22. The van der Waals surface area contributed by atoms with Crippen LogP contribution in [0, 0.1) is 5.41 Å². The predicted octanol–water partition coefficient (Wildman–Crippen LogP) is 5.83. The number of nitrogens with one attached hydrogen (secondary N) is 2. The van der Waals surface area contributed by atoms with E-state index in [4.69, 9.17) is 21.0 Å². The van der Waals surface area contributed by atoms with Crippen LogP contribution in [0.2, 0.25) is 0 Å². The highest BCUT2D eigenvalue weighted by atomic mass is 35.5. The van der Waals surface area contributed by atoms with Gasteiger partial charge in [-0.2, -0.15) is 5.10 Å². The van der Waals surface area contributed by atoms with Crippen LogP contribution in [0.15, 0.2) is 67.4 Å². The number of nitrogens with zero attached hydrogens (tertiary/aromatic N) is 2. The second-order valence-corrected chi connectivity index (χ2v) is 12.1. The van der Waals surface area contributed by atoms with Crippen molar-refractivity contribution in [1.29, 1.82) is 0 Å². The smallest absolute Gasteiger partial charge is 0.167 e. The lowest BCUT2D eigenvalue weighted by molar-refractivity contribution is -0.118. The molecule has 32 heavy (non-hydrogen) atoms. The number of carbonyl (C=O) groups is 1. The first kappa shape index (κ1) is 20.4. The van der Waals surface area contributed by atoms with E-state index in [2.05, 4.69) is 35.4 Å². The molecule has 0 amide bonds. The van der Waals surface area contributed by atoms with Crippen molar-refractivity contribution in [1.82, 2.24) is 10.2 Å². The standard InChI is InChI=1S/C23H21ClN4O2S2/c1-23(2)8-14-20(15(29)9-23)19(12-10-25-28-21(12)26-14)16-4-6-18(30-16)32-22-27-13-7-11(24)3-5-17(13)31-22/h3-7,10,13,17,19H,8-9H2,1-2H3,(H2,25,26,28). The van der Waals surface area contributed by atoms with Gasteiger partial charge in [-0.25, -0.2) is 0 Å². The number of thioether (sulfide) groups is 2. The number of aliphatic imine (C=N–C) groups is 1. The Morgan fingerprint density at radius 1 is 1.31 bits per heavy atom. The van der Waals surface area contributed by atoms with E-state index in [0.29, 0.717) is 6.42 Å². The zero-order chi connectivity index (χ0) is 22.0. The van der Waals surface area contributed by atoms with Crippen LogP contribution < -0.4 is 5.32 Å². The summed E-state index contributed by atoms with van der Waals surface area (Å²) >= 11 is 9.36. The van der Waals surface area contributed by atoms with Gasteiger partial charge in [-0.05, 0) is 47.9 Å². The minimum absolute atomic E-state index is 0.0725. The van der Waals surface area contributed by atoms with Crippen molar-refractivity contribution in [2.24, 2.45) is 10.4 Å². The van der Waals surface area contributed by atoms with E-state index < -0.39 is 0 Å². The number of anilines is 1. The van der Waals surface area contributed by atoms with Crippen molar-refractivity contribution >= 4 is 51.1 Å². The molecular formula is C23H21ClN4O2S2. The second kappa shape index (κ2) is 7.43. The van der Waals surface area contributed by atoms with Crippen molar-refractivity contribution < 1.29 is 9.21 Å². The van der Waals surface area contributed by atoms with Crippen molar-refractivity contribution in [3.63, 3.8) is 0 Å². The Kier molecular flexibility index (Phi) is 4.75. The van der Waals surface area contributed by atoms with Gasteiger partial charge < -0.3 is 9.73 Å². The minimum atomic E-state index is -0.261. The molecule has 2 aromatic heterocycles. The third-order valence-corrected chi connectivity index (χ3v) is 8.64. The van der Waals surface area contributed by atoms with Crippen LogP contribution in [0.4, 0.5) is 5.82 Å². The summed E-state index contributed by atoms with van der Waals surface area (Å²) in [6.45, 7) is 4.25. The Labute approximate surface area is 199 Å². The largest absolute Gasteiger partial charge is 0.453 e. The van der Waals surface area contributed by atoms with Gasteiger partial charge in [0, 0.05) is 34.5 Å². The lowest BCUT2D eigenvalue weighted by Crippen LogP contribution is -2.33. The highest BCUT2D eigenvalue weighted by molar-refractivity contribution is 8.39. The summed E-state index contributed by atoms with van der Waals surface area (Å²) in [5, 5.41) is 12.5. The van der Waals surface area contributed by atoms with Gasteiger partial charge >= 0.3 is 0 Å². The number of furan rings is 1. The quantitative estimate of drug-likeness (QED) is 0.558. The molecule has 0 fully saturated rings. The van der Waals surface area contributed by atoms with E-state index in [1.165, 1.54) is 11.8 Å². The molecular weight excluding hydrogens is 464 g/mol. The molecule has 0 saturated carbocycles. The SMILES string of the molecule is CC1(C)CC(=O)C2=C(C1)Nc1n[nH]cc1C2c1ccc(SC2=NC3C=C(Cl)C=CC3S2)o1. The number of hydrogen-bond acceptors (Lipinski definition) is 7. The predicted molar refractivity (Wildman–Crippen MR) is 129 cm³/mol. The number of aromatic nitrogens is 2. The number of carbonyl (C=O) groups excluding carboxylic acids is 1. The molecule has 164 valence electrons. The molecule has 4 aliphatic rings. The topological polar surface area (TPSA) is 83.3 Å². The van der Waals surface area contributed by atoms with Gasteiger partial charge in [0.25, 0.3) is 0 Å². The number of allylic oxidation sites excluding steroid dienone is 4. The summed E-state index contributed by atoms with van der Waals surface area (Å²) in [4.78, 5) is 18.0. The summed E-state index contributed by atoms with van der Waals surface area (Å²) in [7, 11) is 0. The molecule has 0 saturated heterocycles. The van der Waals surface area contributed by atoms with E-state index in [1.807, 2.05) is 30.5 Å². The Hall–Kier alpha value is -2.16. The van der Waals surface area contributed by atoms with E-state index >= 15 is 0 Å². The van der Waals surface area contributed by atoms with Crippen LogP contribution in [-0.4, -0.2) is 31.6 Å². The summed E-state index contributed by atoms with van der Waals surface area (Å²) in [6, 6.07) is 4.00. The highest BCUT2D eigenvalue weighted by Crippen LogP contribution is 2.49. The molecule has 6 nitrogen and oxygen atoms in total. The van der Waals surface area contributed by atoms with Gasteiger partial charge in [-0.1, -0.05) is 43.3 Å². The third-order valence-electron chi connectivity index (χ3n) is 6.14. The molecule has 3 atom stereocenters. The van der Waals surface area contributed by atoms with E-state index in [-0.39, 0.29) is 28.4 Å². The van der Waals surface area contributed by atoms with Crippen LogP contribution in [-0.2, 0) is 4.79 Å². The molecule has 2 aliphatic carbocycles. The fourth-order valence-electron chi connectivity index (χ4n) is 4.78. The molecule has 6 rings (SSSR count). The normalized spacial score (nSPS) is 28.0. The maximum atomic E-state index is 13.2. The molecule has 4 heterocycles. The monoisotopic (exact) mass is 484 g/mol. The molecule has 9 heteroatoms. The molecule has 0 bridgehead atoms. The molecule has 0 aromatic carbocycles. The molecule has 0 radical (unpaired) electrons. The number of ketones is 1. The fraction of sp³-hybridized carbons (Fsp3) is 0.348. The summed E-state index contributed by atoms with van der Waals surface area (Å²) in [5.41, 5.74) is 2.61. The van der Waals surface area contributed by atoms with E-state index in [9.17, 15) is 4.79 Å². The zero-order valence-corrected chi connectivity index (χ0v) is 19.9. The van der Waals surface area contributed by atoms with Crippen LogP contribution in [0.5, 0.6) is 0 Å². The third kappa shape index (κ3) is 3.49. The van der Waals surface area contributed by atoms with E-state index in [1.54, 1.807) is 11.8 Å². The Morgan fingerprint density at radius 2 is 2.19 bits per heavy atom. The summed E-state index contributed by atoms with van der Waals surface area (Å²) < 4.78 is 7.24. The summed E-state index contributed by atoms with van der Waals surface area (Å²) in [5.74, 6) is 1.42. The van der Waals surface area contributed by atoms with Gasteiger partial charge in [0.2, 0.25) is 0 Å². The number of hydrogen-bond donors (Lipinski definition) is 2. The lowest BCUT2D eigenvalue weighted by atomic mass is 9.70. The van der Waals surface area contributed by atoms with Crippen LogP contribution in [0.25, 0.3) is 0 Å². The van der Waals surface area contributed by atoms with Gasteiger partial charge in [0.1, 0.15) is 10.1 Å². The molecule has 0 spiro atoms. The van der Waals surface area contributed by atoms with Crippen molar-refractivity contribution in [3.8, 4) is 0 Å². The lowest BCUT2D eigenvalue weighted by Gasteiger charge is -2.37. The Balaban J connectivity index is 1.31. The average Bonchev–Trinajstić information content (AvgIpc) is 3.44. The number of H-pyrrole nitrogens is 1. The van der Waals surface area contributed by atoms with E-state index in [0.717, 1.165) is 49.3 Å². The van der Waals surface area contributed by atoms with Gasteiger partial charge in [0.05, 0.1) is 17.2 Å². The number of Topliss-reactive ketones (excluding diaryl/α,β-unsaturated/α-hetero) is 1. The van der Waals surface area contributed by atoms with Crippen molar-refractivity contribution in [2.75, 3.05) is 5.32 Å². The molecule has 2 aromatic rings. The molecule has 2 N–H and O–H groups in total. The first-order chi connectivity index (χ1) is 15.4. The molecule has 3 unspecified atom stereocenters. The highest BCUT2D eigenvalue weighted by Gasteiger charge is 2.42.